The lowest BCUT2D eigenvalue weighted by Gasteiger charge is -2.18. The molecule has 1 aromatic carbocycles. The maximum Gasteiger partial charge on any atom is 0.191 e. The highest BCUT2D eigenvalue weighted by molar-refractivity contribution is 14.0. The number of nitrogens with one attached hydrogen (secondary N) is 2. The SMILES string of the molecule is CCNC(=NCc1ncnn1C)NCC(C)Oc1ccccc1F.I. The lowest BCUT2D eigenvalue weighted by atomic mass is 10.3. The number of guanidine groups is 1. The smallest absolute Gasteiger partial charge is 0.191 e. The van der Waals surface area contributed by atoms with E-state index >= 15 is 0 Å². The van der Waals surface area contributed by atoms with Gasteiger partial charge >= 0.3 is 0 Å². The Hall–Kier alpha value is -1.91. The van der Waals surface area contributed by atoms with Crippen molar-refractivity contribution in [3.8, 4) is 5.75 Å². The number of aromatic nitrogens is 3. The van der Waals surface area contributed by atoms with Crippen molar-refractivity contribution in [3.63, 3.8) is 0 Å². The van der Waals surface area contributed by atoms with Crippen LogP contribution < -0.4 is 15.4 Å². The van der Waals surface area contributed by atoms with Crippen LogP contribution >= 0.6 is 24.0 Å². The van der Waals surface area contributed by atoms with E-state index in [0.717, 1.165) is 12.4 Å². The minimum atomic E-state index is -0.368. The van der Waals surface area contributed by atoms with Crippen LogP contribution in [0.3, 0.4) is 0 Å². The fourth-order valence-electron chi connectivity index (χ4n) is 1.99. The number of para-hydroxylation sites is 1. The molecule has 0 spiro atoms. The van der Waals surface area contributed by atoms with Crippen LogP contribution in [0.4, 0.5) is 4.39 Å². The lowest BCUT2D eigenvalue weighted by molar-refractivity contribution is 0.214. The van der Waals surface area contributed by atoms with Crippen molar-refractivity contribution in [2.75, 3.05) is 13.1 Å². The first-order valence-corrected chi connectivity index (χ1v) is 7.86. The third-order valence-electron chi connectivity index (χ3n) is 3.25. The van der Waals surface area contributed by atoms with Crippen LogP contribution in [-0.2, 0) is 13.6 Å². The highest BCUT2D eigenvalue weighted by Crippen LogP contribution is 2.16. The van der Waals surface area contributed by atoms with Crippen LogP contribution in [0, 0.1) is 5.82 Å². The Balaban J connectivity index is 0.00000312. The molecule has 1 heterocycles. The molecule has 0 aliphatic carbocycles. The molecule has 25 heavy (non-hydrogen) atoms. The minimum absolute atomic E-state index is 0. The van der Waals surface area contributed by atoms with Gasteiger partial charge < -0.3 is 15.4 Å². The molecule has 1 atom stereocenters. The number of rotatable bonds is 7. The second-order valence-corrected chi connectivity index (χ2v) is 5.23. The van der Waals surface area contributed by atoms with Gasteiger partial charge in [0.1, 0.15) is 24.8 Å². The number of hydrogen-bond acceptors (Lipinski definition) is 4. The molecule has 138 valence electrons. The van der Waals surface area contributed by atoms with Gasteiger partial charge in [-0.05, 0) is 26.0 Å². The fourth-order valence-corrected chi connectivity index (χ4v) is 1.99. The molecule has 0 bridgehead atoms. The lowest BCUT2D eigenvalue weighted by Crippen LogP contribution is -2.41. The zero-order chi connectivity index (χ0) is 17.4. The third kappa shape index (κ3) is 6.85. The van der Waals surface area contributed by atoms with Crippen molar-refractivity contribution in [1.82, 2.24) is 25.4 Å². The van der Waals surface area contributed by atoms with Gasteiger partial charge in [-0.2, -0.15) is 5.10 Å². The van der Waals surface area contributed by atoms with Gasteiger partial charge in [0.25, 0.3) is 0 Å². The van der Waals surface area contributed by atoms with Gasteiger partial charge in [-0.3, -0.25) is 4.68 Å². The first-order valence-electron chi connectivity index (χ1n) is 7.86. The Labute approximate surface area is 164 Å². The van der Waals surface area contributed by atoms with Crippen LogP contribution in [0.2, 0.25) is 0 Å². The van der Waals surface area contributed by atoms with Crippen LogP contribution in [-0.4, -0.2) is 39.9 Å². The summed E-state index contributed by atoms with van der Waals surface area (Å²) in [6.45, 7) is 5.48. The second-order valence-electron chi connectivity index (χ2n) is 5.23. The number of benzene rings is 1. The summed E-state index contributed by atoms with van der Waals surface area (Å²) in [5, 5.41) is 10.3. The zero-order valence-corrected chi connectivity index (χ0v) is 16.9. The van der Waals surface area contributed by atoms with E-state index in [2.05, 4.69) is 25.7 Å². The summed E-state index contributed by atoms with van der Waals surface area (Å²) in [6.07, 6.45) is 1.27. The average molecular weight is 462 g/mol. The van der Waals surface area contributed by atoms with E-state index in [1.807, 2.05) is 20.9 Å². The van der Waals surface area contributed by atoms with Crippen molar-refractivity contribution < 1.29 is 9.13 Å². The van der Waals surface area contributed by atoms with Crippen LogP contribution in [0.25, 0.3) is 0 Å². The van der Waals surface area contributed by atoms with Gasteiger partial charge in [-0.1, -0.05) is 12.1 Å². The summed E-state index contributed by atoms with van der Waals surface area (Å²) in [7, 11) is 1.82. The minimum Gasteiger partial charge on any atom is -0.486 e. The van der Waals surface area contributed by atoms with E-state index in [0.29, 0.717) is 19.0 Å². The highest BCUT2D eigenvalue weighted by atomic mass is 127. The Morgan fingerprint density at radius 1 is 1.36 bits per heavy atom. The first kappa shape index (κ1) is 21.1. The van der Waals surface area contributed by atoms with Gasteiger partial charge in [-0.25, -0.2) is 14.4 Å². The van der Waals surface area contributed by atoms with Gasteiger partial charge in [-0.15, -0.1) is 24.0 Å². The second kappa shape index (κ2) is 10.9. The van der Waals surface area contributed by atoms with Crippen molar-refractivity contribution in [3.05, 3.63) is 42.2 Å². The van der Waals surface area contributed by atoms with Gasteiger partial charge in [0.2, 0.25) is 0 Å². The molecule has 0 fully saturated rings. The molecule has 0 aliphatic heterocycles. The Kier molecular flexibility index (Phi) is 9.17. The summed E-state index contributed by atoms with van der Waals surface area (Å²) < 4.78 is 20.9. The van der Waals surface area contributed by atoms with E-state index in [1.165, 1.54) is 12.4 Å². The molecular formula is C16H24FIN6O. The van der Waals surface area contributed by atoms with Crippen molar-refractivity contribution >= 4 is 29.9 Å². The predicted octanol–water partition coefficient (Wildman–Crippen LogP) is 2.09. The van der Waals surface area contributed by atoms with Crippen LogP contribution in [0.15, 0.2) is 35.6 Å². The number of nitrogens with zero attached hydrogens (tertiary/aromatic N) is 4. The molecule has 9 heteroatoms. The maximum atomic E-state index is 13.6. The molecule has 0 aliphatic rings. The number of aliphatic imine (C=N–C) groups is 1. The van der Waals surface area contributed by atoms with Crippen LogP contribution in [0.1, 0.15) is 19.7 Å². The van der Waals surface area contributed by atoms with E-state index in [9.17, 15) is 4.39 Å². The van der Waals surface area contributed by atoms with Gasteiger partial charge in [0.15, 0.2) is 17.5 Å². The summed E-state index contributed by atoms with van der Waals surface area (Å²) >= 11 is 0. The number of hydrogen-bond donors (Lipinski definition) is 2. The normalized spacial score (nSPS) is 12.2. The van der Waals surface area contributed by atoms with Crippen molar-refractivity contribution in [2.24, 2.45) is 12.0 Å². The number of ether oxygens (including phenoxy) is 1. The number of halogens is 2. The maximum absolute atomic E-state index is 13.6. The molecule has 0 saturated heterocycles. The summed E-state index contributed by atoms with van der Waals surface area (Å²) in [4.78, 5) is 8.59. The topological polar surface area (TPSA) is 76.4 Å². The molecule has 7 nitrogen and oxygen atoms in total. The number of aryl methyl sites for hydroxylation is 1. The fraction of sp³-hybridized carbons (Fsp3) is 0.438. The first-order chi connectivity index (χ1) is 11.6. The van der Waals surface area contributed by atoms with E-state index in [1.54, 1.807) is 22.9 Å². The van der Waals surface area contributed by atoms with E-state index in [-0.39, 0.29) is 41.6 Å². The summed E-state index contributed by atoms with van der Waals surface area (Å²) in [5.41, 5.74) is 0. The van der Waals surface area contributed by atoms with Gasteiger partial charge in [0.05, 0.1) is 6.54 Å². The average Bonchev–Trinajstić information content (AvgIpc) is 2.97. The zero-order valence-electron chi connectivity index (χ0n) is 14.6. The molecule has 1 unspecified atom stereocenters. The van der Waals surface area contributed by atoms with E-state index in [4.69, 9.17) is 4.74 Å². The molecular weight excluding hydrogens is 438 g/mol. The van der Waals surface area contributed by atoms with Crippen molar-refractivity contribution in [1.29, 1.82) is 0 Å². The largest absolute Gasteiger partial charge is 0.486 e. The van der Waals surface area contributed by atoms with Crippen molar-refractivity contribution in [2.45, 2.75) is 26.5 Å². The van der Waals surface area contributed by atoms with Gasteiger partial charge in [0, 0.05) is 13.6 Å². The standard InChI is InChI=1S/C16H23FN6O.HI/c1-4-18-16(20-10-15-21-11-22-23(15)3)19-9-12(2)24-14-8-6-5-7-13(14)17;/h5-8,11-12H,4,9-10H2,1-3H3,(H2,18,19,20);1H. The molecule has 2 N–H and O–H groups in total. The third-order valence-corrected chi connectivity index (χ3v) is 3.25. The Morgan fingerprint density at radius 2 is 2.12 bits per heavy atom. The highest BCUT2D eigenvalue weighted by Gasteiger charge is 2.09. The van der Waals surface area contributed by atoms with Crippen LogP contribution in [0.5, 0.6) is 5.75 Å². The Bertz CT molecular complexity index is 678. The predicted molar refractivity (Wildman–Crippen MR) is 106 cm³/mol. The molecule has 2 rings (SSSR count). The quantitative estimate of drug-likeness (QED) is 0.375. The summed E-state index contributed by atoms with van der Waals surface area (Å²) in [5.74, 6) is 1.28. The molecule has 1 aromatic heterocycles. The molecule has 0 radical (unpaired) electrons. The molecule has 0 saturated carbocycles. The molecule has 0 amide bonds. The van der Waals surface area contributed by atoms with E-state index < -0.39 is 0 Å². The Morgan fingerprint density at radius 3 is 2.76 bits per heavy atom. The monoisotopic (exact) mass is 462 g/mol. The molecule has 2 aromatic rings. The summed E-state index contributed by atoms with van der Waals surface area (Å²) in [6, 6.07) is 6.36.